The van der Waals surface area contributed by atoms with E-state index in [0.717, 1.165) is 32.2 Å². The molecular weight excluding hydrogens is 252 g/mol. The van der Waals surface area contributed by atoms with Crippen LogP contribution in [0.15, 0.2) is 0 Å². The molecule has 1 fully saturated rings. The highest BCUT2D eigenvalue weighted by atomic mass is 32.1. The first-order valence-electron chi connectivity index (χ1n) is 6.27. The number of aliphatic hydroxyl groups excluding tert-OH is 1. The minimum Gasteiger partial charge on any atom is -0.391 e. The molecular formula is C11H18N4O2S. The zero-order valence-corrected chi connectivity index (χ0v) is 11.2. The molecule has 2 unspecified atom stereocenters. The number of anilines is 1. The molecule has 0 saturated heterocycles. The third kappa shape index (κ3) is 3.17. The molecule has 0 spiro atoms. The first kappa shape index (κ1) is 13.2. The fourth-order valence-corrected chi connectivity index (χ4v) is 2.76. The molecule has 100 valence electrons. The Morgan fingerprint density at radius 2 is 2.22 bits per heavy atom. The Balaban J connectivity index is 1.93. The Labute approximate surface area is 110 Å². The van der Waals surface area contributed by atoms with Crippen LogP contribution in [0.2, 0.25) is 0 Å². The highest BCUT2D eigenvalue weighted by molar-refractivity contribution is 7.17. The van der Waals surface area contributed by atoms with Crippen LogP contribution in [0.3, 0.4) is 0 Å². The molecule has 1 aliphatic rings. The van der Waals surface area contributed by atoms with Crippen molar-refractivity contribution < 1.29 is 9.90 Å². The van der Waals surface area contributed by atoms with E-state index in [1.165, 1.54) is 11.3 Å². The summed E-state index contributed by atoms with van der Waals surface area (Å²) >= 11 is 1.23. The van der Waals surface area contributed by atoms with E-state index in [4.69, 9.17) is 0 Å². The van der Waals surface area contributed by atoms with Gasteiger partial charge in [-0.1, -0.05) is 24.2 Å². The first-order valence-corrected chi connectivity index (χ1v) is 7.08. The predicted molar refractivity (Wildman–Crippen MR) is 69.8 cm³/mol. The average Bonchev–Trinajstić information content (AvgIpc) is 2.81. The maximum Gasteiger partial charge on any atom is 0.282 e. The Kier molecular flexibility index (Phi) is 4.48. The van der Waals surface area contributed by atoms with Gasteiger partial charge in [0.05, 0.1) is 12.1 Å². The monoisotopic (exact) mass is 270 g/mol. The van der Waals surface area contributed by atoms with Crippen molar-refractivity contribution in [2.24, 2.45) is 0 Å². The lowest BCUT2D eigenvalue weighted by molar-refractivity contribution is 0.0716. The molecule has 7 heteroatoms. The van der Waals surface area contributed by atoms with Crippen LogP contribution in [0.1, 0.15) is 42.4 Å². The Hall–Kier alpha value is -1.21. The molecule has 3 N–H and O–H groups in total. The topological polar surface area (TPSA) is 87.1 Å². The molecule has 1 saturated carbocycles. The van der Waals surface area contributed by atoms with Crippen LogP contribution in [0.4, 0.5) is 5.13 Å². The zero-order valence-electron chi connectivity index (χ0n) is 10.3. The summed E-state index contributed by atoms with van der Waals surface area (Å²) in [5.41, 5.74) is 0. The van der Waals surface area contributed by atoms with Gasteiger partial charge >= 0.3 is 0 Å². The van der Waals surface area contributed by atoms with E-state index < -0.39 is 6.10 Å². The van der Waals surface area contributed by atoms with E-state index in [9.17, 15) is 9.90 Å². The number of amides is 1. The molecule has 1 amide bonds. The summed E-state index contributed by atoms with van der Waals surface area (Å²) in [5, 5.41) is 24.3. The fraction of sp³-hybridized carbons (Fsp3) is 0.727. The number of nitrogens with zero attached hydrogens (tertiary/aromatic N) is 2. The number of hydrogen-bond donors (Lipinski definition) is 3. The van der Waals surface area contributed by atoms with Gasteiger partial charge in [-0.25, -0.2) is 0 Å². The smallest absolute Gasteiger partial charge is 0.282 e. The van der Waals surface area contributed by atoms with Gasteiger partial charge in [-0.3, -0.25) is 4.79 Å². The zero-order chi connectivity index (χ0) is 13.0. The second-order valence-electron chi connectivity index (χ2n) is 4.37. The Bertz CT molecular complexity index is 410. The highest BCUT2D eigenvalue weighted by Crippen LogP contribution is 2.20. The van der Waals surface area contributed by atoms with Crippen molar-refractivity contribution in [3.8, 4) is 0 Å². The van der Waals surface area contributed by atoms with E-state index in [-0.39, 0.29) is 11.9 Å². The van der Waals surface area contributed by atoms with E-state index in [2.05, 4.69) is 20.8 Å². The van der Waals surface area contributed by atoms with E-state index >= 15 is 0 Å². The number of hydrogen-bond acceptors (Lipinski definition) is 6. The third-order valence-electron chi connectivity index (χ3n) is 2.99. The van der Waals surface area contributed by atoms with E-state index in [0.29, 0.717) is 10.1 Å². The maximum atomic E-state index is 11.9. The normalized spacial score (nSPS) is 23.7. The largest absolute Gasteiger partial charge is 0.391 e. The van der Waals surface area contributed by atoms with Crippen molar-refractivity contribution in [2.75, 3.05) is 11.9 Å². The lowest BCUT2D eigenvalue weighted by Crippen LogP contribution is -2.45. The SMILES string of the molecule is CCNc1nnc(C(=O)NC2CCCCC2O)s1. The van der Waals surface area contributed by atoms with Crippen molar-refractivity contribution in [3.63, 3.8) is 0 Å². The van der Waals surface area contributed by atoms with Gasteiger partial charge < -0.3 is 15.7 Å². The van der Waals surface area contributed by atoms with Gasteiger partial charge in [0.2, 0.25) is 10.1 Å². The quantitative estimate of drug-likeness (QED) is 0.760. The third-order valence-corrected chi connectivity index (χ3v) is 3.87. The molecule has 0 aromatic carbocycles. The van der Waals surface area contributed by atoms with Gasteiger partial charge in [0.25, 0.3) is 5.91 Å². The molecule has 18 heavy (non-hydrogen) atoms. The molecule has 2 atom stereocenters. The van der Waals surface area contributed by atoms with Crippen LogP contribution < -0.4 is 10.6 Å². The summed E-state index contributed by atoms with van der Waals surface area (Å²) in [7, 11) is 0. The van der Waals surface area contributed by atoms with E-state index in [1.807, 2.05) is 6.92 Å². The Morgan fingerprint density at radius 3 is 2.94 bits per heavy atom. The van der Waals surface area contributed by atoms with Crippen LogP contribution >= 0.6 is 11.3 Å². The van der Waals surface area contributed by atoms with Crippen molar-refractivity contribution >= 4 is 22.4 Å². The lowest BCUT2D eigenvalue weighted by Gasteiger charge is -2.27. The van der Waals surface area contributed by atoms with Crippen LogP contribution in [-0.4, -0.2) is 39.9 Å². The number of carbonyl (C=O) groups excluding carboxylic acids is 1. The van der Waals surface area contributed by atoms with Crippen molar-refractivity contribution in [1.82, 2.24) is 15.5 Å². The van der Waals surface area contributed by atoms with Gasteiger partial charge in [-0.15, -0.1) is 10.2 Å². The van der Waals surface area contributed by atoms with Crippen LogP contribution in [-0.2, 0) is 0 Å². The number of nitrogens with one attached hydrogen (secondary N) is 2. The summed E-state index contributed by atoms with van der Waals surface area (Å²) in [6.45, 7) is 2.71. The molecule has 1 aliphatic carbocycles. The van der Waals surface area contributed by atoms with Crippen molar-refractivity contribution in [3.05, 3.63) is 5.01 Å². The number of aliphatic hydroxyl groups is 1. The molecule has 1 heterocycles. The summed E-state index contributed by atoms with van der Waals surface area (Å²) in [6, 6.07) is -0.155. The molecule has 1 aromatic heterocycles. The molecule has 2 rings (SSSR count). The summed E-state index contributed by atoms with van der Waals surface area (Å²) in [6.07, 6.45) is 3.21. The average molecular weight is 270 g/mol. The van der Waals surface area contributed by atoms with Crippen LogP contribution in [0, 0.1) is 0 Å². The Morgan fingerprint density at radius 1 is 1.44 bits per heavy atom. The maximum absolute atomic E-state index is 11.9. The molecule has 6 nitrogen and oxygen atoms in total. The van der Waals surface area contributed by atoms with Crippen LogP contribution in [0.25, 0.3) is 0 Å². The standard InChI is InChI=1S/C11H18N4O2S/c1-2-12-11-15-14-10(18-11)9(17)13-7-5-3-4-6-8(7)16/h7-8,16H,2-6H2,1H3,(H,12,15)(H,13,17). The van der Waals surface area contributed by atoms with Gasteiger partial charge in [0.1, 0.15) is 0 Å². The summed E-state index contributed by atoms with van der Waals surface area (Å²) < 4.78 is 0. The minimum atomic E-state index is -0.441. The lowest BCUT2D eigenvalue weighted by atomic mass is 9.92. The molecule has 0 bridgehead atoms. The van der Waals surface area contributed by atoms with Gasteiger partial charge in [-0.05, 0) is 19.8 Å². The molecule has 0 aliphatic heterocycles. The first-order chi connectivity index (χ1) is 8.70. The minimum absolute atomic E-state index is 0.155. The molecule has 1 aromatic rings. The second-order valence-corrected chi connectivity index (χ2v) is 5.35. The summed E-state index contributed by atoms with van der Waals surface area (Å²) in [4.78, 5) is 11.9. The summed E-state index contributed by atoms with van der Waals surface area (Å²) in [5.74, 6) is -0.248. The second kappa shape index (κ2) is 6.10. The number of rotatable bonds is 4. The highest BCUT2D eigenvalue weighted by Gasteiger charge is 2.26. The van der Waals surface area contributed by atoms with Gasteiger partial charge in [-0.2, -0.15) is 0 Å². The fourth-order valence-electron chi connectivity index (χ4n) is 2.05. The number of aromatic nitrogens is 2. The van der Waals surface area contributed by atoms with Crippen molar-refractivity contribution in [2.45, 2.75) is 44.8 Å². The van der Waals surface area contributed by atoms with E-state index in [1.54, 1.807) is 0 Å². The molecule has 0 radical (unpaired) electrons. The van der Waals surface area contributed by atoms with Gasteiger partial charge in [0, 0.05) is 6.54 Å². The predicted octanol–water partition coefficient (Wildman–Crippen LogP) is 1.00. The van der Waals surface area contributed by atoms with Crippen molar-refractivity contribution in [1.29, 1.82) is 0 Å². The number of carbonyl (C=O) groups is 1. The van der Waals surface area contributed by atoms with Gasteiger partial charge in [0.15, 0.2) is 0 Å². The van der Waals surface area contributed by atoms with Crippen LogP contribution in [0.5, 0.6) is 0 Å².